The molecule has 1 fully saturated rings. The van der Waals surface area contributed by atoms with Crippen LogP contribution in [0.5, 0.6) is 0 Å². The number of nitrogens with one attached hydrogen (secondary N) is 1. The van der Waals surface area contributed by atoms with Crippen molar-refractivity contribution in [2.45, 2.75) is 59.0 Å². The van der Waals surface area contributed by atoms with E-state index in [4.69, 9.17) is 11.6 Å². The van der Waals surface area contributed by atoms with Gasteiger partial charge in [-0.2, -0.15) is 5.10 Å². The van der Waals surface area contributed by atoms with Crippen molar-refractivity contribution >= 4 is 11.6 Å². The lowest BCUT2D eigenvalue weighted by atomic mass is 10.0. The fourth-order valence-electron chi connectivity index (χ4n) is 2.32. The molecule has 0 amide bonds. The Balaban J connectivity index is 1.86. The minimum absolute atomic E-state index is 0.648. The van der Waals surface area contributed by atoms with Gasteiger partial charge in [0.15, 0.2) is 0 Å². The summed E-state index contributed by atoms with van der Waals surface area (Å²) >= 11 is 6.33. The minimum Gasteiger partial charge on any atom is -0.314 e. The van der Waals surface area contributed by atoms with Gasteiger partial charge in [0.05, 0.1) is 16.4 Å². The van der Waals surface area contributed by atoms with Crippen molar-refractivity contribution in [3.8, 4) is 0 Å². The Hall–Kier alpha value is -0.540. The third-order valence-electron chi connectivity index (χ3n) is 3.64. The zero-order valence-electron chi connectivity index (χ0n) is 11.7. The van der Waals surface area contributed by atoms with Gasteiger partial charge in [-0.15, -0.1) is 0 Å². The van der Waals surface area contributed by atoms with Crippen LogP contribution in [0.3, 0.4) is 0 Å². The Kier molecular flexibility index (Phi) is 4.68. The molecule has 1 aromatic heterocycles. The summed E-state index contributed by atoms with van der Waals surface area (Å²) in [5, 5.41) is 8.90. The largest absolute Gasteiger partial charge is 0.314 e. The third-order valence-corrected chi connectivity index (χ3v) is 4.13. The quantitative estimate of drug-likeness (QED) is 0.824. The maximum Gasteiger partial charge on any atom is 0.0847 e. The molecule has 0 aliphatic heterocycles. The van der Waals surface area contributed by atoms with E-state index in [2.05, 4.69) is 24.3 Å². The average Bonchev–Trinajstić information content (AvgIpc) is 3.12. The lowest BCUT2D eigenvalue weighted by Crippen LogP contribution is -2.20. The van der Waals surface area contributed by atoms with E-state index < -0.39 is 0 Å². The van der Waals surface area contributed by atoms with Gasteiger partial charge >= 0.3 is 0 Å². The molecule has 18 heavy (non-hydrogen) atoms. The lowest BCUT2D eigenvalue weighted by molar-refractivity contribution is 0.476. The Bertz CT molecular complexity index is 396. The van der Waals surface area contributed by atoms with Crippen molar-refractivity contribution in [1.29, 1.82) is 0 Å². The highest BCUT2D eigenvalue weighted by Crippen LogP contribution is 2.24. The van der Waals surface area contributed by atoms with Crippen molar-refractivity contribution in [1.82, 2.24) is 15.1 Å². The second-order valence-electron chi connectivity index (χ2n) is 5.49. The van der Waals surface area contributed by atoms with Crippen LogP contribution in [0.1, 0.15) is 44.5 Å². The summed E-state index contributed by atoms with van der Waals surface area (Å²) in [4.78, 5) is 0. The van der Waals surface area contributed by atoms with Crippen LogP contribution >= 0.6 is 11.6 Å². The fourth-order valence-corrected chi connectivity index (χ4v) is 2.53. The van der Waals surface area contributed by atoms with E-state index in [1.165, 1.54) is 25.0 Å². The number of nitrogens with zero attached hydrogens (tertiary/aromatic N) is 2. The zero-order valence-corrected chi connectivity index (χ0v) is 12.4. The van der Waals surface area contributed by atoms with Crippen molar-refractivity contribution in [3.63, 3.8) is 0 Å². The third kappa shape index (κ3) is 3.48. The first-order chi connectivity index (χ1) is 8.61. The van der Waals surface area contributed by atoms with Crippen LogP contribution in [0.25, 0.3) is 0 Å². The van der Waals surface area contributed by atoms with Crippen molar-refractivity contribution in [3.05, 3.63) is 16.4 Å². The molecule has 1 aromatic rings. The molecule has 2 rings (SSSR count). The molecule has 0 saturated heterocycles. The summed E-state index contributed by atoms with van der Waals surface area (Å²) < 4.78 is 2.04. The summed E-state index contributed by atoms with van der Waals surface area (Å²) in [5.41, 5.74) is 2.16. The molecule has 102 valence electrons. The number of halogens is 1. The second kappa shape index (κ2) is 6.07. The molecule has 0 aromatic carbocycles. The molecule has 1 aliphatic rings. The van der Waals surface area contributed by atoms with Gasteiger partial charge in [0.1, 0.15) is 0 Å². The Morgan fingerprint density at radius 2 is 2.22 bits per heavy atom. The molecule has 0 bridgehead atoms. The van der Waals surface area contributed by atoms with Gasteiger partial charge < -0.3 is 5.32 Å². The highest BCUT2D eigenvalue weighted by atomic mass is 35.5. The van der Waals surface area contributed by atoms with E-state index in [-0.39, 0.29) is 0 Å². The highest BCUT2D eigenvalue weighted by molar-refractivity contribution is 6.31. The molecule has 0 radical (unpaired) electrons. The Morgan fingerprint density at radius 1 is 1.50 bits per heavy atom. The summed E-state index contributed by atoms with van der Waals surface area (Å²) in [7, 11) is 0. The van der Waals surface area contributed by atoms with Gasteiger partial charge in [-0.25, -0.2) is 0 Å². The maximum atomic E-state index is 6.33. The summed E-state index contributed by atoms with van der Waals surface area (Å²) in [6, 6.07) is 0.809. The number of aromatic nitrogens is 2. The van der Waals surface area contributed by atoms with Crippen LogP contribution in [0.15, 0.2) is 0 Å². The van der Waals surface area contributed by atoms with Gasteiger partial charge in [0, 0.05) is 12.6 Å². The van der Waals surface area contributed by atoms with Crippen LogP contribution in [-0.4, -0.2) is 22.4 Å². The average molecular weight is 270 g/mol. The van der Waals surface area contributed by atoms with Gasteiger partial charge in [0.25, 0.3) is 0 Å². The van der Waals surface area contributed by atoms with E-state index in [1.54, 1.807) is 0 Å². The molecule has 1 N–H and O–H groups in total. The molecular weight excluding hydrogens is 246 g/mol. The second-order valence-corrected chi connectivity index (χ2v) is 5.87. The van der Waals surface area contributed by atoms with Gasteiger partial charge in [0.2, 0.25) is 0 Å². The Labute approximate surface area is 115 Å². The predicted molar refractivity (Wildman–Crippen MR) is 76.2 cm³/mol. The van der Waals surface area contributed by atoms with Crippen molar-refractivity contribution in [2.24, 2.45) is 5.92 Å². The normalized spacial score (nSPS) is 17.1. The molecule has 4 heteroatoms. The monoisotopic (exact) mass is 269 g/mol. The molecule has 1 aliphatic carbocycles. The SMILES string of the molecule is CCn1nc(C)c(Cl)c1CC(C)CCNC1CC1. The van der Waals surface area contributed by atoms with Gasteiger partial charge in [-0.3, -0.25) is 4.68 Å². The van der Waals surface area contributed by atoms with E-state index in [0.717, 1.165) is 36.3 Å². The summed E-state index contributed by atoms with van der Waals surface area (Å²) in [6.07, 6.45) is 4.96. The maximum absolute atomic E-state index is 6.33. The first-order valence-electron chi connectivity index (χ1n) is 7.07. The van der Waals surface area contributed by atoms with Crippen LogP contribution in [0, 0.1) is 12.8 Å². The van der Waals surface area contributed by atoms with Crippen molar-refractivity contribution in [2.75, 3.05) is 6.54 Å². The van der Waals surface area contributed by atoms with E-state index >= 15 is 0 Å². The standard InChI is InChI=1S/C14H24ClN3/c1-4-18-13(14(15)11(3)17-18)9-10(2)7-8-16-12-5-6-12/h10,12,16H,4-9H2,1-3H3. The van der Waals surface area contributed by atoms with Gasteiger partial charge in [-0.05, 0) is 52.0 Å². The zero-order chi connectivity index (χ0) is 13.1. The predicted octanol–water partition coefficient (Wildman–Crippen LogP) is 3.19. The highest BCUT2D eigenvalue weighted by Gasteiger charge is 2.20. The minimum atomic E-state index is 0.648. The smallest absolute Gasteiger partial charge is 0.0847 e. The summed E-state index contributed by atoms with van der Waals surface area (Å²) in [6.45, 7) is 8.43. The fraction of sp³-hybridized carbons (Fsp3) is 0.786. The van der Waals surface area contributed by atoms with E-state index in [9.17, 15) is 0 Å². The number of hydrogen-bond acceptors (Lipinski definition) is 2. The summed E-state index contributed by atoms with van der Waals surface area (Å²) in [5.74, 6) is 0.648. The molecule has 0 spiro atoms. The number of rotatable bonds is 7. The van der Waals surface area contributed by atoms with Crippen LogP contribution < -0.4 is 5.32 Å². The van der Waals surface area contributed by atoms with Crippen LogP contribution in [0.2, 0.25) is 5.02 Å². The number of aryl methyl sites for hydroxylation is 2. The van der Waals surface area contributed by atoms with Crippen LogP contribution in [0.4, 0.5) is 0 Å². The molecular formula is C14H24ClN3. The van der Waals surface area contributed by atoms with E-state index in [0.29, 0.717) is 5.92 Å². The topological polar surface area (TPSA) is 29.9 Å². The molecule has 1 heterocycles. The molecule has 1 unspecified atom stereocenters. The number of hydrogen-bond donors (Lipinski definition) is 1. The first kappa shape index (κ1) is 13.9. The molecule has 3 nitrogen and oxygen atoms in total. The lowest BCUT2D eigenvalue weighted by Gasteiger charge is -2.13. The molecule has 1 atom stereocenters. The van der Waals surface area contributed by atoms with Crippen LogP contribution in [-0.2, 0) is 13.0 Å². The molecule has 1 saturated carbocycles. The Morgan fingerprint density at radius 3 is 2.83 bits per heavy atom. The first-order valence-corrected chi connectivity index (χ1v) is 7.44. The van der Waals surface area contributed by atoms with Gasteiger partial charge in [-0.1, -0.05) is 18.5 Å². The van der Waals surface area contributed by atoms with Crippen molar-refractivity contribution < 1.29 is 0 Å². The van der Waals surface area contributed by atoms with E-state index in [1.807, 2.05) is 11.6 Å².